The van der Waals surface area contributed by atoms with E-state index in [4.69, 9.17) is 4.74 Å². The summed E-state index contributed by atoms with van der Waals surface area (Å²) in [5.41, 5.74) is 0. The van der Waals surface area contributed by atoms with Crippen LogP contribution in [0.3, 0.4) is 0 Å². The molecule has 3 heteroatoms. The molecule has 0 saturated carbocycles. The first kappa shape index (κ1) is 7.66. The van der Waals surface area contributed by atoms with Crippen molar-refractivity contribution in [2.24, 2.45) is 0 Å². The van der Waals surface area contributed by atoms with E-state index in [0.717, 1.165) is 13.0 Å². The Morgan fingerprint density at radius 3 is 2.29 bits per heavy atom. The maximum absolute atomic E-state index is 4.75. The fraction of sp³-hybridized carbons (Fsp3) is 1.00. The molecule has 0 atom stereocenters. The summed E-state index contributed by atoms with van der Waals surface area (Å²) >= 11 is 8.03. The highest BCUT2D eigenvalue weighted by Crippen LogP contribution is 2.03. The summed E-state index contributed by atoms with van der Waals surface area (Å²) in [4.78, 5) is 0. The molecule has 0 aromatic heterocycles. The number of ether oxygens (including phenoxy) is 1. The fourth-order valence-corrected chi connectivity index (χ4v) is 0.434. The summed E-state index contributed by atoms with van der Waals surface area (Å²) in [5.74, 6) is 0. The number of hydrogen-bond donors (Lipinski definition) is 2. The number of methoxy groups -OCH3 is 1. The average Bonchev–Trinajstić information content (AvgIpc) is 1.61. The van der Waals surface area contributed by atoms with E-state index in [1.165, 1.54) is 0 Å². The standard InChI is InChI=1S/C4H10OS2/c1-5-3-2-4(6)7/h4,6-7H,2-3H2,1H3. The highest BCUT2D eigenvalue weighted by Gasteiger charge is 1.90. The van der Waals surface area contributed by atoms with Gasteiger partial charge in [0.05, 0.1) is 0 Å². The highest BCUT2D eigenvalue weighted by molar-refractivity contribution is 7.99. The van der Waals surface area contributed by atoms with Gasteiger partial charge >= 0.3 is 0 Å². The first-order valence-electron chi connectivity index (χ1n) is 2.12. The fourth-order valence-electron chi connectivity index (χ4n) is 0.223. The molecule has 7 heavy (non-hydrogen) atoms. The van der Waals surface area contributed by atoms with Crippen LogP contribution in [0.4, 0.5) is 0 Å². The third-order valence-corrected chi connectivity index (χ3v) is 1.10. The lowest BCUT2D eigenvalue weighted by atomic mass is 10.5. The topological polar surface area (TPSA) is 9.23 Å². The van der Waals surface area contributed by atoms with E-state index in [1.54, 1.807) is 7.11 Å². The van der Waals surface area contributed by atoms with Gasteiger partial charge in [-0.15, -0.1) is 0 Å². The van der Waals surface area contributed by atoms with Gasteiger partial charge in [0, 0.05) is 18.3 Å². The Morgan fingerprint density at radius 1 is 1.57 bits per heavy atom. The van der Waals surface area contributed by atoms with Crippen LogP contribution in [0.5, 0.6) is 0 Å². The van der Waals surface area contributed by atoms with Crippen LogP contribution in [0.25, 0.3) is 0 Å². The smallest absolute Gasteiger partial charge is 0.0480 e. The molecule has 0 bridgehead atoms. The molecule has 0 aromatic rings. The minimum absolute atomic E-state index is 0.167. The Morgan fingerprint density at radius 2 is 2.14 bits per heavy atom. The van der Waals surface area contributed by atoms with Crippen molar-refractivity contribution in [2.75, 3.05) is 13.7 Å². The van der Waals surface area contributed by atoms with Gasteiger partial charge in [-0.2, -0.15) is 25.3 Å². The average molecular weight is 138 g/mol. The molecule has 1 nitrogen and oxygen atoms in total. The minimum Gasteiger partial charge on any atom is -0.385 e. The molecular formula is C4H10OS2. The quantitative estimate of drug-likeness (QED) is 0.440. The van der Waals surface area contributed by atoms with Crippen molar-refractivity contribution in [2.45, 2.75) is 11.0 Å². The Kier molecular flexibility index (Phi) is 5.26. The van der Waals surface area contributed by atoms with Crippen LogP contribution in [0.2, 0.25) is 0 Å². The van der Waals surface area contributed by atoms with Gasteiger partial charge in [0.2, 0.25) is 0 Å². The normalized spacial score (nSPS) is 10.3. The largest absolute Gasteiger partial charge is 0.385 e. The molecule has 0 saturated heterocycles. The zero-order chi connectivity index (χ0) is 5.70. The van der Waals surface area contributed by atoms with Gasteiger partial charge < -0.3 is 4.74 Å². The lowest BCUT2D eigenvalue weighted by Crippen LogP contribution is -1.94. The van der Waals surface area contributed by atoms with Gasteiger partial charge in [-0.3, -0.25) is 0 Å². The predicted molar refractivity (Wildman–Crippen MR) is 38.3 cm³/mol. The third-order valence-electron chi connectivity index (χ3n) is 0.580. The van der Waals surface area contributed by atoms with Crippen LogP contribution in [0, 0.1) is 0 Å². The van der Waals surface area contributed by atoms with Gasteiger partial charge in [-0.1, -0.05) is 0 Å². The molecular weight excluding hydrogens is 128 g/mol. The first-order valence-corrected chi connectivity index (χ1v) is 3.15. The van der Waals surface area contributed by atoms with E-state index in [0.29, 0.717) is 0 Å². The van der Waals surface area contributed by atoms with E-state index < -0.39 is 0 Å². The molecule has 0 fully saturated rings. The number of hydrogen-bond acceptors (Lipinski definition) is 3. The summed E-state index contributed by atoms with van der Waals surface area (Å²) in [6.07, 6.45) is 0.905. The second-order valence-corrected chi connectivity index (χ2v) is 2.92. The van der Waals surface area contributed by atoms with E-state index in [2.05, 4.69) is 25.3 Å². The van der Waals surface area contributed by atoms with Crippen molar-refractivity contribution in [3.8, 4) is 0 Å². The maximum Gasteiger partial charge on any atom is 0.0480 e. The lowest BCUT2D eigenvalue weighted by molar-refractivity contribution is 0.199. The molecule has 0 aliphatic rings. The summed E-state index contributed by atoms with van der Waals surface area (Å²) in [7, 11) is 1.67. The molecule has 0 radical (unpaired) electrons. The zero-order valence-electron chi connectivity index (χ0n) is 4.29. The summed E-state index contributed by atoms with van der Waals surface area (Å²) in [6, 6.07) is 0. The summed E-state index contributed by atoms with van der Waals surface area (Å²) < 4.78 is 4.92. The van der Waals surface area contributed by atoms with Crippen LogP contribution < -0.4 is 0 Å². The van der Waals surface area contributed by atoms with Crippen molar-refractivity contribution in [1.82, 2.24) is 0 Å². The number of rotatable bonds is 3. The molecule has 0 spiro atoms. The van der Waals surface area contributed by atoms with Crippen molar-refractivity contribution in [3.63, 3.8) is 0 Å². The maximum atomic E-state index is 4.75. The van der Waals surface area contributed by atoms with Gasteiger partial charge in [0.15, 0.2) is 0 Å². The van der Waals surface area contributed by atoms with Crippen molar-refractivity contribution < 1.29 is 4.74 Å². The Balaban J connectivity index is 2.68. The molecule has 0 heterocycles. The Hall–Kier alpha value is 0.660. The van der Waals surface area contributed by atoms with Crippen LogP contribution in [0.15, 0.2) is 0 Å². The van der Waals surface area contributed by atoms with Gasteiger partial charge in [0.25, 0.3) is 0 Å². The molecule has 0 aliphatic heterocycles. The molecule has 0 amide bonds. The summed E-state index contributed by atoms with van der Waals surface area (Å²) in [5, 5.41) is 0. The van der Waals surface area contributed by atoms with Gasteiger partial charge in [-0.25, -0.2) is 0 Å². The van der Waals surface area contributed by atoms with Gasteiger partial charge in [-0.05, 0) is 6.42 Å². The summed E-state index contributed by atoms with van der Waals surface area (Å²) in [6.45, 7) is 0.748. The Bertz CT molecular complexity index is 38.7. The Labute approximate surface area is 55.3 Å². The van der Waals surface area contributed by atoms with E-state index in [9.17, 15) is 0 Å². The molecule has 44 valence electrons. The lowest BCUT2D eigenvalue weighted by Gasteiger charge is -1.98. The molecule has 0 aliphatic carbocycles. The van der Waals surface area contributed by atoms with E-state index >= 15 is 0 Å². The second-order valence-electron chi connectivity index (χ2n) is 1.26. The van der Waals surface area contributed by atoms with E-state index in [1.807, 2.05) is 0 Å². The third kappa shape index (κ3) is 6.66. The van der Waals surface area contributed by atoms with Crippen LogP contribution in [0.1, 0.15) is 6.42 Å². The molecule has 0 aromatic carbocycles. The minimum atomic E-state index is 0.167. The van der Waals surface area contributed by atoms with Crippen LogP contribution in [-0.4, -0.2) is 18.3 Å². The van der Waals surface area contributed by atoms with Crippen molar-refractivity contribution >= 4 is 25.3 Å². The van der Waals surface area contributed by atoms with Crippen LogP contribution in [-0.2, 0) is 4.74 Å². The highest BCUT2D eigenvalue weighted by atomic mass is 32.2. The van der Waals surface area contributed by atoms with Crippen molar-refractivity contribution in [3.05, 3.63) is 0 Å². The second kappa shape index (κ2) is 4.81. The molecule has 0 unspecified atom stereocenters. The monoisotopic (exact) mass is 138 g/mol. The van der Waals surface area contributed by atoms with E-state index in [-0.39, 0.29) is 4.58 Å². The predicted octanol–water partition coefficient (Wildman–Crippen LogP) is 1.21. The molecule has 0 N–H and O–H groups in total. The SMILES string of the molecule is COCCC(S)S. The van der Waals surface area contributed by atoms with Crippen LogP contribution >= 0.6 is 25.3 Å². The van der Waals surface area contributed by atoms with Crippen molar-refractivity contribution in [1.29, 1.82) is 0 Å². The first-order chi connectivity index (χ1) is 3.27. The number of thiol groups is 2. The zero-order valence-corrected chi connectivity index (χ0v) is 6.08. The van der Waals surface area contributed by atoms with Gasteiger partial charge in [0.1, 0.15) is 0 Å². The molecule has 0 rings (SSSR count).